The van der Waals surface area contributed by atoms with E-state index in [4.69, 9.17) is 16.3 Å². The van der Waals surface area contributed by atoms with E-state index >= 15 is 0 Å². The molecule has 1 aromatic rings. The molecule has 1 heterocycles. The maximum Gasteiger partial charge on any atom is 0.176 e. The normalized spacial score (nSPS) is 16.4. The summed E-state index contributed by atoms with van der Waals surface area (Å²) in [4.78, 5) is 14.4. The molecule has 1 saturated heterocycles. The van der Waals surface area contributed by atoms with Crippen molar-refractivity contribution in [3.63, 3.8) is 0 Å². The summed E-state index contributed by atoms with van der Waals surface area (Å²) in [5.41, 5.74) is 0.643. The highest BCUT2D eigenvalue weighted by Crippen LogP contribution is 2.26. The van der Waals surface area contributed by atoms with E-state index in [1.165, 1.54) is 0 Å². The number of nitrogens with one attached hydrogen (secondary N) is 1. The molecule has 1 aliphatic rings. The van der Waals surface area contributed by atoms with Crippen molar-refractivity contribution in [2.24, 2.45) is 0 Å². The first kappa shape index (κ1) is 15.3. The van der Waals surface area contributed by atoms with Gasteiger partial charge in [0.25, 0.3) is 0 Å². The lowest BCUT2D eigenvalue weighted by Gasteiger charge is -2.26. The van der Waals surface area contributed by atoms with Crippen molar-refractivity contribution < 1.29 is 9.53 Å². The number of nitrogens with zero attached hydrogens (tertiary/aromatic N) is 1. The van der Waals surface area contributed by atoms with Crippen molar-refractivity contribution in [2.75, 3.05) is 32.7 Å². The van der Waals surface area contributed by atoms with Crippen molar-refractivity contribution in [2.45, 2.75) is 20.0 Å². The number of hydrogen-bond acceptors (Lipinski definition) is 4. The molecule has 5 heteroatoms. The zero-order valence-electron chi connectivity index (χ0n) is 12.0. The second kappa shape index (κ2) is 7.07. The number of carbonyl (C=O) groups is 1. The van der Waals surface area contributed by atoms with E-state index in [1.54, 1.807) is 18.2 Å². The van der Waals surface area contributed by atoms with E-state index in [0.717, 1.165) is 26.2 Å². The predicted molar refractivity (Wildman–Crippen MR) is 80.9 cm³/mol. The van der Waals surface area contributed by atoms with Gasteiger partial charge >= 0.3 is 0 Å². The summed E-state index contributed by atoms with van der Waals surface area (Å²) in [6, 6.07) is 5.26. The van der Waals surface area contributed by atoms with E-state index in [0.29, 0.717) is 22.9 Å². The fourth-order valence-electron chi connectivity index (χ4n) is 2.19. The Morgan fingerprint density at radius 3 is 2.70 bits per heavy atom. The summed E-state index contributed by atoms with van der Waals surface area (Å²) in [7, 11) is 0. The average molecular weight is 297 g/mol. The number of halogens is 1. The Kier molecular flexibility index (Phi) is 5.40. The van der Waals surface area contributed by atoms with Gasteiger partial charge in [0.2, 0.25) is 0 Å². The smallest absolute Gasteiger partial charge is 0.176 e. The van der Waals surface area contributed by atoms with Gasteiger partial charge < -0.3 is 10.1 Å². The molecule has 1 fully saturated rings. The third-order valence-corrected chi connectivity index (χ3v) is 3.49. The summed E-state index contributed by atoms with van der Waals surface area (Å²) in [6.07, 6.45) is 0.0647. The Hall–Kier alpha value is -1.10. The van der Waals surface area contributed by atoms with Crippen molar-refractivity contribution in [1.29, 1.82) is 0 Å². The predicted octanol–water partition coefficient (Wildman–Crippen LogP) is 2.22. The highest BCUT2D eigenvalue weighted by Gasteiger charge is 2.16. The zero-order chi connectivity index (χ0) is 14.5. The van der Waals surface area contributed by atoms with Crippen molar-refractivity contribution >= 4 is 17.4 Å². The fraction of sp³-hybridized carbons (Fsp3) is 0.533. The molecule has 0 aromatic heterocycles. The van der Waals surface area contributed by atoms with E-state index in [-0.39, 0.29) is 11.9 Å². The van der Waals surface area contributed by atoms with Gasteiger partial charge in [0.05, 0.1) is 17.7 Å². The molecule has 1 N–H and O–H groups in total. The monoisotopic (exact) mass is 296 g/mol. The van der Waals surface area contributed by atoms with Gasteiger partial charge in [-0.15, -0.1) is 0 Å². The lowest BCUT2D eigenvalue weighted by Crippen LogP contribution is -2.45. The molecule has 0 spiro atoms. The minimum absolute atomic E-state index is 0.0647. The molecule has 1 aliphatic heterocycles. The summed E-state index contributed by atoms with van der Waals surface area (Å²) in [5, 5.41) is 3.76. The Morgan fingerprint density at radius 1 is 1.40 bits per heavy atom. The number of Topliss-reactive ketones (excluding diaryl/α,β-unsaturated/α-hetero) is 1. The fourth-order valence-corrected chi connectivity index (χ4v) is 2.41. The summed E-state index contributed by atoms with van der Waals surface area (Å²) in [6.45, 7) is 8.04. The molecule has 0 bridgehead atoms. The van der Waals surface area contributed by atoms with Crippen molar-refractivity contribution in [1.82, 2.24) is 10.2 Å². The Balaban J connectivity index is 2.01. The average Bonchev–Trinajstić information content (AvgIpc) is 2.41. The van der Waals surface area contributed by atoms with Crippen LogP contribution < -0.4 is 10.1 Å². The molecule has 0 amide bonds. The minimum atomic E-state index is 0.0647. The highest BCUT2D eigenvalue weighted by molar-refractivity contribution is 6.32. The summed E-state index contributed by atoms with van der Waals surface area (Å²) >= 11 is 6.16. The maximum absolute atomic E-state index is 12.2. The second-order valence-corrected chi connectivity index (χ2v) is 5.67. The molecule has 1 aromatic carbocycles. The van der Waals surface area contributed by atoms with Gasteiger partial charge in [-0.2, -0.15) is 0 Å². The van der Waals surface area contributed by atoms with Crippen LogP contribution in [0.3, 0.4) is 0 Å². The van der Waals surface area contributed by atoms with Gasteiger partial charge in [0, 0.05) is 31.7 Å². The number of carbonyl (C=O) groups excluding carboxylic acids is 1. The number of benzene rings is 1. The standard InChI is InChI=1S/C15H21ClN2O2/c1-11(2)20-15-4-3-12(9-13(15)16)14(19)10-18-7-5-17-6-8-18/h3-4,9,11,17H,5-8,10H2,1-2H3. The molecular weight excluding hydrogens is 276 g/mol. The largest absolute Gasteiger partial charge is 0.489 e. The van der Waals surface area contributed by atoms with Crippen LogP contribution in [0.15, 0.2) is 18.2 Å². The van der Waals surface area contributed by atoms with E-state index in [1.807, 2.05) is 13.8 Å². The quantitative estimate of drug-likeness (QED) is 0.846. The molecule has 4 nitrogen and oxygen atoms in total. The molecular formula is C15H21ClN2O2. The third-order valence-electron chi connectivity index (χ3n) is 3.19. The van der Waals surface area contributed by atoms with Crippen LogP contribution in [0.5, 0.6) is 5.75 Å². The van der Waals surface area contributed by atoms with E-state index in [2.05, 4.69) is 10.2 Å². The van der Waals surface area contributed by atoms with E-state index in [9.17, 15) is 4.79 Å². The molecule has 2 rings (SSSR count). The maximum atomic E-state index is 12.2. The lowest BCUT2D eigenvalue weighted by atomic mass is 10.1. The molecule has 0 saturated carbocycles. The van der Waals surface area contributed by atoms with Gasteiger partial charge in [-0.25, -0.2) is 0 Å². The number of ether oxygens (including phenoxy) is 1. The minimum Gasteiger partial charge on any atom is -0.489 e. The molecule has 0 aliphatic carbocycles. The van der Waals surface area contributed by atoms with Crippen LogP contribution >= 0.6 is 11.6 Å². The van der Waals surface area contributed by atoms with Gasteiger partial charge in [-0.1, -0.05) is 11.6 Å². The van der Waals surface area contributed by atoms with Gasteiger partial charge in [-0.05, 0) is 32.0 Å². The van der Waals surface area contributed by atoms with Gasteiger partial charge in [0.15, 0.2) is 5.78 Å². The zero-order valence-corrected chi connectivity index (χ0v) is 12.7. The number of ketones is 1. The van der Waals surface area contributed by atoms with Crippen LogP contribution in [0.1, 0.15) is 24.2 Å². The summed E-state index contributed by atoms with van der Waals surface area (Å²) in [5.74, 6) is 0.727. The Bertz CT molecular complexity index is 471. The van der Waals surface area contributed by atoms with Crippen LogP contribution in [0, 0.1) is 0 Å². The van der Waals surface area contributed by atoms with Crippen LogP contribution in [-0.4, -0.2) is 49.5 Å². The summed E-state index contributed by atoms with van der Waals surface area (Å²) < 4.78 is 5.57. The lowest BCUT2D eigenvalue weighted by molar-refractivity contribution is 0.0921. The first-order chi connectivity index (χ1) is 9.56. The van der Waals surface area contributed by atoms with Crippen molar-refractivity contribution in [3.8, 4) is 5.75 Å². The van der Waals surface area contributed by atoms with Crippen LogP contribution in [-0.2, 0) is 0 Å². The SMILES string of the molecule is CC(C)Oc1ccc(C(=O)CN2CCNCC2)cc1Cl. The topological polar surface area (TPSA) is 41.6 Å². The van der Waals surface area contributed by atoms with Crippen LogP contribution in [0.4, 0.5) is 0 Å². The van der Waals surface area contributed by atoms with E-state index < -0.39 is 0 Å². The molecule has 0 atom stereocenters. The first-order valence-electron chi connectivity index (χ1n) is 6.99. The number of piperazine rings is 1. The number of rotatable bonds is 5. The molecule has 20 heavy (non-hydrogen) atoms. The second-order valence-electron chi connectivity index (χ2n) is 5.26. The van der Waals surface area contributed by atoms with Crippen LogP contribution in [0.25, 0.3) is 0 Å². The molecule has 0 radical (unpaired) electrons. The molecule has 110 valence electrons. The number of hydrogen-bond donors (Lipinski definition) is 1. The highest BCUT2D eigenvalue weighted by atomic mass is 35.5. The van der Waals surface area contributed by atoms with Crippen molar-refractivity contribution in [3.05, 3.63) is 28.8 Å². The third kappa shape index (κ3) is 4.20. The Labute approximate surface area is 125 Å². The van der Waals surface area contributed by atoms with Gasteiger partial charge in [0.1, 0.15) is 5.75 Å². The first-order valence-corrected chi connectivity index (χ1v) is 7.36. The van der Waals surface area contributed by atoms with Gasteiger partial charge in [-0.3, -0.25) is 9.69 Å². The Morgan fingerprint density at radius 2 is 2.10 bits per heavy atom. The molecule has 0 unspecified atom stereocenters. The van der Waals surface area contributed by atoms with Crippen LogP contribution in [0.2, 0.25) is 5.02 Å².